The van der Waals surface area contributed by atoms with Crippen molar-refractivity contribution in [3.63, 3.8) is 0 Å². The van der Waals surface area contributed by atoms with E-state index in [1.54, 1.807) is 6.07 Å². The van der Waals surface area contributed by atoms with Gasteiger partial charge in [0.25, 0.3) is 0 Å². The highest BCUT2D eigenvalue weighted by Gasteiger charge is 2.23. The molecule has 7 N–H and O–H groups in total. The monoisotopic (exact) mass is 407 g/mol. The lowest BCUT2D eigenvalue weighted by Crippen LogP contribution is -2.42. The molecule has 0 aliphatic heterocycles. The van der Waals surface area contributed by atoms with Crippen molar-refractivity contribution in [2.75, 3.05) is 16.9 Å². The van der Waals surface area contributed by atoms with E-state index < -0.39 is 16.1 Å². The molecule has 1 aliphatic carbocycles. The predicted octanol–water partition coefficient (Wildman–Crippen LogP) is 0.650. The largest absolute Gasteiger partial charge is 0.373 e. The molecular formula is C17H25N7O3S. The Balaban J connectivity index is 1.83. The first-order valence-corrected chi connectivity index (χ1v) is 10.9. The van der Waals surface area contributed by atoms with Crippen LogP contribution in [-0.4, -0.2) is 47.0 Å². The summed E-state index contributed by atoms with van der Waals surface area (Å²) >= 11 is 0. The van der Waals surface area contributed by atoms with Crippen LogP contribution in [-0.2, 0) is 9.84 Å². The Hall–Kier alpha value is -2.34. The zero-order chi connectivity index (χ0) is 20.3. The van der Waals surface area contributed by atoms with Crippen molar-refractivity contribution in [1.82, 2.24) is 15.2 Å². The van der Waals surface area contributed by atoms with Crippen LogP contribution in [0.25, 0.3) is 0 Å². The number of anilines is 3. The quantitative estimate of drug-likeness (QED) is 0.428. The van der Waals surface area contributed by atoms with Crippen molar-refractivity contribution in [3.8, 4) is 0 Å². The van der Waals surface area contributed by atoms with Gasteiger partial charge in [0.1, 0.15) is 17.7 Å². The van der Waals surface area contributed by atoms with Crippen LogP contribution < -0.4 is 22.1 Å². The molecule has 2 heterocycles. The van der Waals surface area contributed by atoms with Crippen LogP contribution in [0, 0.1) is 0 Å². The molecule has 0 amide bonds. The van der Waals surface area contributed by atoms with Gasteiger partial charge in [-0.3, -0.25) is 0 Å². The molecular weight excluding hydrogens is 382 g/mol. The molecule has 1 aliphatic rings. The third kappa shape index (κ3) is 4.93. The summed E-state index contributed by atoms with van der Waals surface area (Å²) in [6, 6.07) is 4.77. The number of aromatic nitrogens is 3. The third-order valence-electron chi connectivity index (χ3n) is 4.68. The normalized spacial score (nSPS) is 21.1. The Morgan fingerprint density at radius 2 is 1.96 bits per heavy atom. The number of nitrogens with one attached hydrogen (secondary N) is 2. The number of nitrogens with two attached hydrogens (primary N) is 2. The second-order valence-corrected chi connectivity index (χ2v) is 8.96. The highest BCUT2D eigenvalue weighted by molar-refractivity contribution is 7.90. The summed E-state index contributed by atoms with van der Waals surface area (Å²) in [6.45, 7) is 0. The lowest BCUT2D eigenvalue weighted by molar-refractivity contribution is 0.181. The summed E-state index contributed by atoms with van der Waals surface area (Å²) in [5.41, 5.74) is 12.3. The maximum atomic E-state index is 11.6. The summed E-state index contributed by atoms with van der Waals surface area (Å²) in [5.74, 6) is 0.879. The van der Waals surface area contributed by atoms with Gasteiger partial charge in [0.2, 0.25) is 0 Å². The molecule has 2 aromatic heterocycles. The Bertz CT molecular complexity index is 919. The number of pyridine rings is 1. The fourth-order valence-electron chi connectivity index (χ4n) is 3.13. The first-order chi connectivity index (χ1) is 13.2. The van der Waals surface area contributed by atoms with Gasteiger partial charge in [-0.15, -0.1) is 10.2 Å². The van der Waals surface area contributed by atoms with Crippen LogP contribution >= 0.6 is 0 Å². The van der Waals surface area contributed by atoms with E-state index >= 15 is 0 Å². The number of hydrogen-bond acceptors (Lipinski definition) is 10. The van der Waals surface area contributed by atoms with Crippen LogP contribution in [0.4, 0.5) is 17.3 Å². The molecule has 0 saturated heterocycles. The fourth-order valence-corrected chi connectivity index (χ4v) is 3.69. The smallest absolute Gasteiger partial charge is 0.177 e. The van der Waals surface area contributed by atoms with Crippen molar-refractivity contribution < 1.29 is 13.5 Å². The minimum atomic E-state index is -3.34. The van der Waals surface area contributed by atoms with Crippen LogP contribution in [0.5, 0.6) is 0 Å². The summed E-state index contributed by atoms with van der Waals surface area (Å²) in [4.78, 5) is 4.21. The minimum Gasteiger partial charge on any atom is -0.373 e. The average Bonchev–Trinajstić information content (AvgIpc) is 2.63. The summed E-state index contributed by atoms with van der Waals surface area (Å²) < 4.78 is 23.1. The summed E-state index contributed by atoms with van der Waals surface area (Å²) in [7, 11) is -3.34. The summed E-state index contributed by atoms with van der Waals surface area (Å²) in [6.07, 6.45) is 5.14. The molecule has 11 heteroatoms. The van der Waals surface area contributed by atoms with Gasteiger partial charge in [-0.2, -0.15) is 0 Å². The van der Waals surface area contributed by atoms with Gasteiger partial charge in [0.05, 0.1) is 10.6 Å². The van der Waals surface area contributed by atoms with E-state index in [4.69, 9.17) is 11.5 Å². The van der Waals surface area contributed by atoms with Gasteiger partial charge in [0, 0.05) is 30.6 Å². The number of sulfone groups is 1. The van der Waals surface area contributed by atoms with Gasteiger partial charge in [-0.25, -0.2) is 13.4 Å². The zero-order valence-corrected chi connectivity index (χ0v) is 16.4. The molecule has 152 valence electrons. The van der Waals surface area contributed by atoms with Gasteiger partial charge in [-0.05, 0) is 25.0 Å². The Morgan fingerprint density at radius 3 is 2.57 bits per heavy atom. The maximum absolute atomic E-state index is 11.6. The van der Waals surface area contributed by atoms with Crippen molar-refractivity contribution in [3.05, 3.63) is 30.1 Å². The molecule has 3 rings (SSSR count). The number of aliphatic hydroxyl groups is 1. The highest BCUT2D eigenvalue weighted by atomic mass is 32.2. The molecule has 0 spiro atoms. The average molecular weight is 408 g/mol. The molecule has 0 aromatic carbocycles. The Labute approximate surface area is 163 Å². The summed E-state index contributed by atoms with van der Waals surface area (Å²) in [5, 5.41) is 24.2. The van der Waals surface area contributed by atoms with Crippen LogP contribution in [0.2, 0.25) is 0 Å². The van der Waals surface area contributed by atoms with Gasteiger partial charge in [0.15, 0.2) is 15.7 Å². The van der Waals surface area contributed by atoms with Gasteiger partial charge in [-0.1, -0.05) is 12.8 Å². The fraction of sp³-hybridized carbons (Fsp3) is 0.471. The number of rotatable bonds is 6. The zero-order valence-electron chi connectivity index (χ0n) is 15.5. The van der Waals surface area contributed by atoms with E-state index in [-0.39, 0.29) is 22.7 Å². The molecule has 1 fully saturated rings. The molecule has 2 aromatic rings. The predicted molar refractivity (Wildman–Crippen MR) is 106 cm³/mol. The van der Waals surface area contributed by atoms with E-state index in [9.17, 15) is 13.5 Å². The van der Waals surface area contributed by atoms with E-state index in [1.165, 1.54) is 18.3 Å². The standard InChI is InChI=1S/C17H25N7O3S/c1-28(26,27)10-6-7-14(20-9-10)22-13-8-15(23-24-16(13)17(19)25)21-12-5-3-2-4-11(12)18/h6-9,11-12,17,25H,2-5,18-19H2,1H3,(H2,20,21,22,23)/t11-,12+,17?/m0/s1. The van der Waals surface area contributed by atoms with Crippen LogP contribution in [0.15, 0.2) is 29.3 Å². The van der Waals surface area contributed by atoms with E-state index in [0.717, 1.165) is 31.9 Å². The van der Waals surface area contributed by atoms with Gasteiger partial charge < -0.3 is 27.2 Å². The SMILES string of the molecule is CS(=O)(=O)c1ccc(Nc2cc(N[C@@H]3CCCC[C@@H]3N)nnc2C(N)O)nc1. The molecule has 28 heavy (non-hydrogen) atoms. The second-order valence-electron chi connectivity index (χ2n) is 6.95. The van der Waals surface area contributed by atoms with Crippen LogP contribution in [0.3, 0.4) is 0 Å². The van der Waals surface area contributed by atoms with Crippen LogP contribution in [0.1, 0.15) is 37.6 Å². The third-order valence-corrected chi connectivity index (χ3v) is 5.78. The number of aliphatic hydroxyl groups excluding tert-OH is 1. The first kappa shape index (κ1) is 20.4. The van der Waals surface area contributed by atoms with Gasteiger partial charge >= 0.3 is 0 Å². The molecule has 1 unspecified atom stereocenters. The highest BCUT2D eigenvalue weighted by Crippen LogP contribution is 2.26. The minimum absolute atomic E-state index is 0.0388. The number of nitrogens with zero attached hydrogens (tertiary/aromatic N) is 3. The molecule has 0 radical (unpaired) electrons. The lowest BCUT2D eigenvalue weighted by atomic mass is 9.91. The first-order valence-electron chi connectivity index (χ1n) is 9.00. The second kappa shape index (κ2) is 8.35. The van der Waals surface area contributed by atoms with E-state index in [0.29, 0.717) is 17.3 Å². The maximum Gasteiger partial charge on any atom is 0.177 e. The molecule has 3 atom stereocenters. The molecule has 1 saturated carbocycles. The Kier molecular flexibility index (Phi) is 6.08. The molecule has 10 nitrogen and oxygen atoms in total. The van der Waals surface area contributed by atoms with Crippen molar-refractivity contribution in [1.29, 1.82) is 0 Å². The van der Waals surface area contributed by atoms with Crippen molar-refractivity contribution in [2.45, 2.75) is 48.9 Å². The van der Waals surface area contributed by atoms with Crippen molar-refractivity contribution in [2.24, 2.45) is 11.5 Å². The van der Waals surface area contributed by atoms with E-state index in [2.05, 4.69) is 25.8 Å². The number of hydrogen-bond donors (Lipinski definition) is 5. The topological polar surface area (TPSA) is 169 Å². The van der Waals surface area contributed by atoms with Crippen molar-refractivity contribution >= 4 is 27.2 Å². The Morgan fingerprint density at radius 1 is 1.21 bits per heavy atom. The lowest BCUT2D eigenvalue weighted by Gasteiger charge is -2.29. The van der Waals surface area contributed by atoms with E-state index in [1.807, 2.05) is 0 Å². The molecule has 0 bridgehead atoms.